The first-order valence-electron chi connectivity index (χ1n) is 7.56. The number of hydrogen-bond donors (Lipinski definition) is 1. The highest BCUT2D eigenvalue weighted by Gasteiger charge is 2.57. The number of carbonyl (C=O) groups excluding carboxylic acids is 1. The second kappa shape index (κ2) is 4.69. The van der Waals surface area contributed by atoms with Crippen LogP contribution in [-0.4, -0.2) is 17.4 Å². The zero-order chi connectivity index (χ0) is 14.3. The molecular formula is C18H18N2O. The van der Waals surface area contributed by atoms with Crippen molar-refractivity contribution in [2.24, 2.45) is 5.92 Å². The molecule has 106 valence electrons. The minimum absolute atomic E-state index is 0.0172. The summed E-state index contributed by atoms with van der Waals surface area (Å²) in [5.41, 5.74) is 4.00. The van der Waals surface area contributed by atoms with Crippen LogP contribution >= 0.6 is 0 Å². The number of fused-ring (bicyclic) bond motifs is 2. The molecule has 1 fully saturated rings. The molecule has 21 heavy (non-hydrogen) atoms. The van der Waals surface area contributed by atoms with Crippen LogP contribution in [0.15, 0.2) is 48.8 Å². The van der Waals surface area contributed by atoms with Crippen LogP contribution in [0.2, 0.25) is 0 Å². The normalized spacial score (nSPS) is 25.6. The van der Waals surface area contributed by atoms with Gasteiger partial charge in [0.25, 0.3) is 5.91 Å². The van der Waals surface area contributed by atoms with Crippen LogP contribution < -0.4 is 5.32 Å². The summed E-state index contributed by atoms with van der Waals surface area (Å²) in [7, 11) is 0. The van der Waals surface area contributed by atoms with E-state index in [1.807, 2.05) is 0 Å². The molecule has 3 nitrogen and oxygen atoms in total. The molecule has 3 heteroatoms. The molecule has 0 unspecified atom stereocenters. The topological polar surface area (TPSA) is 42.0 Å². The summed E-state index contributed by atoms with van der Waals surface area (Å²) in [6.07, 6.45) is 6.92. The van der Waals surface area contributed by atoms with Crippen LogP contribution in [0.5, 0.6) is 0 Å². The number of nitrogens with zero attached hydrogens (tertiary/aromatic N) is 1. The Bertz CT molecular complexity index is 683. The molecule has 1 spiro atoms. The first-order valence-corrected chi connectivity index (χ1v) is 7.56. The summed E-state index contributed by atoms with van der Waals surface area (Å²) in [5, 5.41) is 3.06. The maximum absolute atomic E-state index is 12.1. The number of aryl methyl sites for hydroxylation is 1. The lowest BCUT2D eigenvalue weighted by molar-refractivity contribution is 0.0950. The first kappa shape index (κ1) is 12.6. The van der Waals surface area contributed by atoms with Gasteiger partial charge in [-0.25, -0.2) is 0 Å². The molecule has 1 N–H and O–H groups in total. The Morgan fingerprint density at radius 3 is 3.05 bits per heavy atom. The van der Waals surface area contributed by atoms with Gasteiger partial charge in [0, 0.05) is 24.4 Å². The highest BCUT2D eigenvalue weighted by molar-refractivity contribution is 5.93. The Kier molecular flexibility index (Phi) is 2.81. The molecule has 1 saturated carbocycles. The molecule has 1 aromatic heterocycles. The summed E-state index contributed by atoms with van der Waals surface area (Å²) in [6.45, 7) is 0.766. The van der Waals surface area contributed by atoms with Gasteiger partial charge in [0.15, 0.2) is 0 Å². The van der Waals surface area contributed by atoms with Crippen LogP contribution in [0.3, 0.4) is 0 Å². The van der Waals surface area contributed by atoms with Gasteiger partial charge < -0.3 is 5.32 Å². The number of benzene rings is 1. The van der Waals surface area contributed by atoms with Gasteiger partial charge in [-0.1, -0.05) is 24.3 Å². The third kappa shape index (κ3) is 2.04. The van der Waals surface area contributed by atoms with Crippen molar-refractivity contribution in [1.82, 2.24) is 10.3 Å². The van der Waals surface area contributed by atoms with E-state index in [1.54, 1.807) is 24.5 Å². The number of aromatic nitrogens is 1. The predicted molar refractivity (Wildman–Crippen MR) is 81.1 cm³/mol. The third-order valence-electron chi connectivity index (χ3n) is 5.06. The average molecular weight is 278 g/mol. The molecule has 0 aliphatic heterocycles. The van der Waals surface area contributed by atoms with Crippen molar-refractivity contribution in [1.29, 1.82) is 0 Å². The molecule has 4 rings (SSSR count). The van der Waals surface area contributed by atoms with Crippen molar-refractivity contribution >= 4 is 5.91 Å². The van der Waals surface area contributed by atoms with E-state index < -0.39 is 0 Å². The highest BCUT2D eigenvalue weighted by atomic mass is 16.1. The molecule has 2 aliphatic rings. The van der Waals surface area contributed by atoms with Gasteiger partial charge >= 0.3 is 0 Å². The van der Waals surface area contributed by atoms with E-state index >= 15 is 0 Å². The maximum Gasteiger partial charge on any atom is 0.252 e. The summed E-state index contributed by atoms with van der Waals surface area (Å²) in [4.78, 5) is 16.1. The lowest BCUT2D eigenvalue weighted by atomic mass is 9.95. The van der Waals surface area contributed by atoms with Crippen LogP contribution in [0.1, 0.15) is 34.3 Å². The number of rotatable bonds is 3. The molecule has 0 bridgehead atoms. The van der Waals surface area contributed by atoms with E-state index in [9.17, 15) is 4.79 Å². The Morgan fingerprint density at radius 2 is 2.19 bits per heavy atom. The van der Waals surface area contributed by atoms with E-state index in [2.05, 4.69) is 34.6 Å². The van der Waals surface area contributed by atoms with E-state index in [0.717, 1.165) is 6.54 Å². The Balaban J connectivity index is 1.42. The number of carbonyl (C=O) groups is 1. The van der Waals surface area contributed by atoms with Crippen molar-refractivity contribution < 1.29 is 4.79 Å². The second-order valence-electron chi connectivity index (χ2n) is 6.17. The Hall–Kier alpha value is -2.16. The standard InChI is InChI=1S/C18H18N2O/c21-17(14-5-3-9-19-11-14)20-12-15-10-18(15)8-7-13-4-1-2-6-16(13)18/h1-6,9,11,15H,7-8,10,12H2,(H,20,21)/t15-,18-/m1/s1. The molecule has 2 aromatic rings. The summed E-state index contributed by atoms with van der Waals surface area (Å²) in [6, 6.07) is 12.4. The molecule has 2 aliphatic carbocycles. The smallest absolute Gasteiger partial charge is 0.252 e. The van der Waals surface area contributed by atoms with E-state index in [4.69, 9.17) is 0 Å². The predicted octanol–water partition coefficient (Wildman–Crippen LogP) is 2.72. The van der Waals surface area contributed by atoms with Crippen molar-refractivity contribution in [2.75, 3.05) is 6.54 Å². The Morgan fingerprint density at radius 1 is 1.29 bits per heavy atom. The molecule has 1 heterocycles. The highest BCUT2D eigenvalue weighted by Crippen LogP contribution is 2.61. The largest absolute Gasteiger partial charge is 0.352 e. The number of pyridine rings is 1. The molecule has 0 saturated heterocycles. The summed E-state index contributed by atoms with van der Waals surface area (Å²) in [5.74, 6) is 0.568. The number of amides is 1. The minimum atomic E-state index is -0.0172. The number of hydrogen-bond acceptors (Lipinski definition) is 2. The van der Waals surface area contributed by atoms with E-state index in [1.165, 1.54) is 30.4 Å². The second-order valence-corrected chi connectivity index (χ2v) is 6.17. The van der Waals surface area contributed by atoms with Gasteiger partial charge in [-0.15, -0.1) is 0 Å². The molecule has 0 radical (unpaired) electrons. The van der Waals surface area contributed by atoms with Gasteiger partial charge in [0.1, 0.15) is 0 Å². The van der Waals surface area contributed by atoms with Gasteiger partial charge in [0.2, 0.25) is 0 Å². The van der Waals surface area contributed by atoms with E-state index in [0.29, 0.717) is 16.9 Å². The molecule has 1 amide bonds. The molecule has 1 aromatic carbocycles. The fourth-order valence-electron chi connectivity index (χ4n) is 3.82. The zero-order valence-corrected chi connectivity index (χ0v) is 11.9. The van der Waals surface area contributed by atoms with Crippen molar-refractivity contribution in [3.05, 3.63) is 65.5 Å². The lowest BCUT2D eigenvalue weighted by Gasteiger charge is -2.12. The van der Waals surface area contributed by atoms with Crippen LogP contribution in [0, 0.1) is 5.92 Å². The minimum Gasteiger partial charge on any atom is -0.352 e. The van der Waals surface area contributed by atoms with Crippen molar-refractivity contribution in [3.63, 3.8) is 0 Å². The van der Waals surface area contributed by atoms with Crippen molar-refractivity contribution in [2.45, 2.75) is 24.7 Å². The lowest BCUT2D eigenvalue weighted by Crippen LogP contribution is -2.27. The first-order chi connectivity index (χ1) is 10.3. The number of nitrogens with one attached hydrogen (secondary N) is 1. The van der Waals surface area contributed by atoms with Crippen LogP contribution in [0.25, 0.3) is 0 Å². The summed E-state index contributed by atoms with van der Waals surface area (Å²) >= 11 is 0. The van der Waals surface area contributed by atoms with Crippen molar-refractivity contribution in [3.8, 4) is 0 Å². The monoisotopic (exact) mass is 278 g/mol. The SMILES string of the molecule is O=C(NC[C@H]1C[C@]12CCc1ccccc12)c1cccnc1. The quantitative estimate of drug-likeness (QED) is 0.938. The summed E-state index contributed by atoms with van der Waals surface area (Å²) < 4.78 is 0. The van der Waals surface area contributed by atoms with Gasteiger partial charge in [-0.05, 0) is 48.4 Å². The van der Waals surface area contributed by atoms with Gasteiger partial charge in [0.05, 0.1) is 5.56 Å². The van der Waals surface area contributed by atoms with Crippen LogP contribution in [-0.2, 0) is 11.8 Å². The van der Waals surface area contributed by atoms with E-state index in [-0.39, 0.29) is 5.91 Å². The zero-order valence-electron chi connectivity index (χ0n) is 11.9. The Labute approximate surface area is 124 Å². The van der Waals surface area contributed by atoms with Crippen LogP contribution in [0.4, 0.5) is 0 Å². The van der Waals surface area contributed by atoms with Gasteiger partial charge in [-0.2, -0.15) is 0 Å². The average Bonchev–Trinajstić information content (AvgIpc) is 3.13. The fourth-order valence-corrected chi connectivity index (χ4v) is 3.82. The van der Waals surface area contributed by atoms with Gasteiger partial charge in [-0.3, -0.25) is 9.78 Å². The third-order valence-corrected chi connectivity index (χ3v) is 5.06. The maximum atomic E-state index is 12.1. The molecule has 2 atom stereocenters. The fraction of sp³-hybridized carbons (Fsp3) is 0.333. The molecular weight excluding hydrogens is 260 g/mol.